The summed E-state index contributed by atoms with van der Waals surface area (Å²) in [6, 6.07) is 9.29. The molecule has 164 valence electrons. The van der Waals surface area contributed by atoms with E-state index < -0.39 is 5.91 Å². The zero-order chi connectivity index (χ0) is 21.9. The van der Waals surface area contributed by atoms with Crippen LogP contribution in [0.1, 0.15) is 63.0 Å². The van der Waals surface area contributed by atoms with Gasteiger partial charge in [-0.05, 0) is 49.1 Å². The summed E-state index contributed by atoms with van der Waals surface area (Å²) in [5.41, 5.74) is 1.99. The van der Waals surface area contributed by atoms with Crippen LogP contribution in [0.2, 0.25) is 10.0 Å². The quantitative estimate of drug-likeness (QED) is 0.262. The van der Waals surface area contributed by atoms with Crippen molar-refractivity contribution in [2.24, 2.45) is 0 Å². The number of hydrogen-bond donors (Lipinski definition) is 2. The molecule has 2 rings (SSSR count). The Kier molecular flexibility index (Phi) is 10.3. The van der Waals surface area contributed by atoms with Crippen molar-refractivity contribution in [1.82, 2.24) is 0 Å². The van der Waals surface area contributed by atoms with Crippen LogP contribution in [0.25, 0.3) is 0 Å². The standard InChI is InChI=1S/C24H31Cl2NO3/c1-3-4-5-6-7-8-9-10-18-11-13-19(14-12-18)30-16-22(28)27-21-15-20(25)17(2)23(26)24(21)29/h11-15,29H,3-10,16H2,1-2H3,(H,27,28). The first kappa shape index (κ1) is 24.4. The molecule has 0 atom stereocenters. The van der Waals surface area contributed by atoms with Crippen LogP contribution >= 0.6 is 23.2 Å². The van der Waals surface area contributed by atoms with Gasteiger partial charge in [0.15, 0.2) is 12.4 Å². The SMILES string of the molecule is CCCCCCCCCc1ccc(OCC(=O)Nc2cc(Cl)c(C)c(Cl)c2O)cc1. The molecule has 0 radical (unpaired) electrons. The lowest BCUT2D eigenvalue weighted by atomic mass is 10.0. The Morgan fingerprint density at radius 2 is 1.67 bits per heavy atom. The van der Waals surface area contributed by atoms with Gasteiger partial charge in [0, 0.05) is 5.02 Å². The highest BCUT2D eigenvalue weighted by molar-refractivity contribution is 6.37. The monoisotopic (exact) mass is 451 g/mol. The third kappa shape index (κ3) is 7.73. The molecule has 2 aromatic rings. The van der Waals surface area contributed by atoms with Crippen molar-refractivity contribution in [3.63, 3.8) is 0 Å². The highest BCUT2D eigenvalue weighted by Crippen LogP contribution is 2.38. The number of unbranched alkanes of at least 4 members (excludes halogenated alkanes) is 6. The van der Waals surface area contributed by atoms with E-state index in [1.165, 1.54) is 56.6 Å². The molecule has 30 heavy (non-hydrogen) atoms. The normalized spacial score (nSPS) is 10.8. The van der Waals surface area contributed by atoms with Crippen molar-refractivity contribution >= 4 is 34.8 Å². The fraction of sp³-hybridized carbons (Fsp3) is 0.458. The number of benzene rings is 2. The van der Waals surface area contributed by atoms with Gasteiger partial charge in [-0.3, -0.25) is 4.79 Å². The van der Waals surface area contributed by atoms with Gasteiger partial charge in [-0.25, -0.2) is 0 Å². The molecule has 0 bridgehead atoms. The number of carbonyl (C=O) groups is 1. The summed E-state index contributed by atoms with van der Waals surface area (Å²) in [6.45, 7) is 3.75. The second-order valence-corrected chi connectivity index (χ2v) is 8.33. The molecule has 0 aliphatic carbocycles. The zero-order valence-corrected chi connectivity index (χ0v) is 19.3. The first-order valence-corrected chi connectivity index (χ1v) is 11.4. The highest BCUT2D eigenvalue weighted by atomic mass is 35.5. The number of aryl methyl sites for hydroxylation is 1. The Bertz CT molecular complexity index is 822. The lowest BCUT2D eigenvalue weighted by Gasteiger charge is -2.12. The van der Waals surface area contributed by atoms with Crippen LogP contribution in [-0.4, -0.2) is 17.6 Å². The molecule has 6 heteroatoms. The van der Waals surface area contributed by atoms with E-state index >= 15 is 0 Å². The lowest BCUT2D eigenvalue weighted by Crippen LogP contribution is -2.20. The molecule has 1 amide bonds. The van der Waals surface area contributed by atoms with Gasteiger partial charge in [-0.15, -0.1) is 0 Å². The number of phenols is 1. The molecule has 4 nitrogen and oxygen atoms in total. The van der Waals surface area contributed by atoms with Crippen LogP contribution in [-0.2, 0) is 11.2 Å². The maximum absolute atomic E-state index is 12.1. The van der Waals surface area contributed by atoms with Crippen LogP contribution in [0, 0.1) is 6.92 Å². The van der Waals surface area contributed by atoms with E-state index in [1.54, 1.807) is 6.92 Å². The first-order valence-electron chi connectivity index (χ1n) is 10.6. The molecular formula is C24H31Cl2NO3. The van der Waals surface area contributed by atoms with Gasteiger partial charge in [0.25, 0.3) is 5.91 Å². The lowest BCUT2D eigenvalue weighted by molar-refractivity contribution is -0.118. The van der Waals surface area contributed by atoms with Crippen LogP contribution in [0.4, 0.5) is 5.69 Å². The van der Waals surface area contributed by atoms with Gasteiger partial charge in [0.2, 0.25) is 0 Å². The summed E-state index contributed by atoms with van der Waals surface area (Å²) < 4.78 is 5.54. The predicted octanol–water partition coefficient (Wildman–Crippen LogP) is 7.32. The Balaban J connectivity index is 1.74. The van der Waals surface area contributed by atoms with Gasteiger partial charge in [0.05, 0.1) is 10.7 Å². The topological polar surface area (TPSA) is 58.6 Å². The van der Waals surface area contributed by atoms with Gasteiger partial charge >= 0.3 is 0 Å². The van der Waals surface area contributed by atoms with Crippen molar-refractivity contribution in [2.45, 2.75) is 65.2 Å². The summed E-state index contributed by atoms with van der Waals surface area (Å²) in [4.78, 5) is 12.1. The maximum Gasteiger partial charge on any atom is 0.262 e. The zero-order valence-electron chi connectivity index (χ0n) is 17.8. The average molecular weight is 452 g/mol. The number of amides is 1. The number of phenolic OH excluding ortho intramolecular Hbond substituents is 1. The van der Waals surface area contributed by atoms with Crippen molar-refractivity contribution in [3.8, 4) is 11.5 Å². The van der Waals surface area contributed by atoms with E-state index in [9.17, 15) is 9.90 Å². The summed E-state index contributed by atoms with van der Waals surface area (Å²) in [6.07, 6.45) is 10.1. The minimum absolute atomic E-state index is 0.121. The predicted molar refractivity (Wildman–Crippen MR) is 125 cm³/mol. The third-order valence-electron chi connectivity index (χ3n) is 5.06. The van der Waals surface area contributed by atoms with E-state index in [2.05, 4.69) is 12.2 Å². The van der Waals surface area contributed by atoms with E-state index in [0.29, 0.717) is 16.3 Å². The molecular weight excluding hydrogens is 421 g/mol. The van der Waals surface area contributed by atoms with Crippen molar-refractivity contribution in [1.29, 1.82) is 0 Å². The minimum Gasteiger partial charge on any atom is -0.504 e. The second kappa shape index (κ2) is 12.7. The number of halogens is 2. The molecule has 0 saturated heterocycles. The van der Waals surface area contributed by atoms with E-state index in [4.69, 9.17) is 27.9 Å². The molecule has 0 aromatic heterocycles. The molecule has 2 aromatic carbocycles. The number of rotatable bonds is 12. The third-order valence-corrected chi connectivity index (χ3v) is 5.91. The van der Waals surface area contributed by atoms with Crippen LogP contribution in [0.3, 0.4) is 0 Å². The second-order valence-electron chi connectivity index (χ2n) is 7.55. The Morgan fingerprint density at radius 3 is 2.33 bits per heavy atom. The van der Waals surface area contributed by atoms with Crippen LogP contribution in [0.5, 0.6) is 11.5 Å². The molecule has 0 aliphatic rings. The largest absolute Gasteiger partial charge is 0.504 e. The highest BCUT2D eigenvalue weighted by Gasteiger charge is 2.15. The summed E-state index contributed by atoms with van der Waals surface area (Å²) in [7, 11) is 0. The van der Waals surface area contributed by atoms with Crippen molar-refractivity contribution in [2.75, 3.05) is 11.9 Å². The number of hydrogen-bond acceptors (Lipinski definition) is 3. The number of nitrogens with one attached hydrogen (secondary N) is 1. The average Bonchev–Trinajstić information content (AvgIpc) is 2.74. The molecule has 0 aliphatic heterocycles. The minimum atomic E-state index is -0.409. The smallest absolute Gasteiger partial charge is 0.262 e. The van der Waals surface area contributed by atoms with Crippen LogP contribution < -0.4 is 10.1 Å². The van der Waals surface area contributed by atoms with Gasteiger partial charge in [0.1, 0.15) is 5.75 Å². The first-order chi connectivity index (χ1) is 14.4. The molecule has 0 spiro atoms. The molecule has 0 fully saturated rings. The number of carbonyl (C=O) groups excluding carboxylic acids is 1. The fourth-order valence-electron chi connectivity index (χ4n) is 3.17. The summed E-state index contributed by atoms with van der Waals surface area (Å²) >= 11 is 12.1. The van der Waals surface area contributed by atoms with Gasteiger partial charge < -0.3 is 15.2 Å². The fourth-order valence-corrected chi connectivity index (χ4v) is 3.63. The Morgan fingerprint density at radius 1 is 1.03 bits per heavy atom. The van der Waals surface area contributed by atoms with Gasteiger partial charge in [-0.1, -0.05) is 80.8 Å². The van der Waals surface area contributed by atoms with Crippen molar-refractivity contribution < 1.29 is 14.6 Å². The summed E-state index contributed by atoms with van der Waals surface area (Å²) in [5, 5.41) is 13.1. The molecule has 2 N–H and O–H groups in total. The number of aromatic hydroxyl groups is 1. The molecule has 0 heterocycles. The summed E-state index contributed by atoms with van der Waals surface area (Å²) in [5.74, 6) is 0.00716. The number of ether oxygens (including phenoxy) is 1. The van der Waals surface area contributed by atoms with Crippen molar-refractivity contribution in [3.05, 3.63) is 51.5 Å². The number of anilines is 1. The van der Waals surface area contributed by atoms with Gasteiger partial charge in [-0.2, -0.15) is 0 Å². The van der Waals surface area contributed by atoms with E-state index in [0.717, 1.165) is 6.42 Å². The maximum atomic E-state index is 12.1. The van der Waals surface area contributed by atoms with Crippen LogP contribution in [0.15, 0.2) is 30.3 Å². The van der Waals surface area contributed by atoms with E-state index in [1.807, 2.05) is 24.3 Å². The Hall–Kier alpha value is -1.91. The molecule has 0 unspecified atom stereocenters. The van der Waals surface area contributed by atoms with E-state index in [-0.39, 0.29) is 23.1 Å². The Labute approximate surface area is 189 Å². The molecule has 0 saturated carbocycles.